The van der Waals surface area contributed by atoms with Gasteiger partial charge in [-0.05, 0) is 31.6 Å². The molecule has 0 fully saturated rings. The molecule has 0 rings (SSSR count). The quantitative estimate of drug-likeness (QED) is 0.0222. The first-order valence-electron chi connectivity index (χ1n) is 37.1. The van der Waals surface area contributed by atoms with Crippen LogP contribution in [-0.2, 0) is 65.4 Å². The summed E-state index contributed by atoms with van der Waals surface area (Å²) in [6.45, 7) is 7.19. The van der Waals surface area contributed by atoms with Crippen LogP contribution in [0.1, 0.15) is 369 Å². The van der Waals surface area contributed by atoms with Crippen molar-refractivity contribution < 1.29 is 80.2 Å². The highest BCUT2D eigenvalue weighted by atomic mass is 31.2. The highest BCUT2D eigenvalue weighted by Gasteiger charge is 2.30. The highest BCUT2D eigenvalue weighted by molar-refractivity contribution is 7.47. The van der Waals surface area contributed by atoms with Crippen molar-refractivity contribution in [2.45, 2.75) is 387 Å². The van der Waals surface area contributed by atoms with E-state index in [0.717, 1.165) is 102 Å². The molecule has 0 spiro atoms. The number of carbonyl (C=O) groups is 4. The van der Waals surface area contributed by atoms with E-state index in [4.69, 9.17) is 37.0 Å². The summed E-state index contributed by atoms with van der Waals surface area (Å²) in [5, 5.41) is 10.6. The van der Waals surface area contributed by atoms with Crippen LogP contribution in [0, 0.1) is 5.92 Å². The zero-order valence-corrected chi connectivity index (χ0v) is 60.1. The Hall–Kier alpha value is -1.94. The molecule has 0 aliphatic rings. The summed E-state index contributed by atoms with van der Waals surface area (Å²) in [6, 6.07) is 0. The molecule has 0 aliphatic carbocycles. The normalized spacial score (nSPS) is 14.1. The number of rotatable bonds is 71. The molecule has 0 saturated carbocycles. The van der Waals surface area contributed by atoms with Crippen LogP contribution >= 0.6 is 15.6 Å². The summed E-state index contributed by atoms with van der Waals surface area (Å²) in [4.78, 5) is 72.5. The lowest BCUT2D eigenvalue weighted by molar-refractivity contribution is -0.161. The fraction of sp³-hybridized carbons (Fsp3) is 0.944. The summed E-state index contributed by atoms with van der Waals surface area (Å²) in [6.07, 6.45) is 51.4. The number of unbranched alkanes of at least 4 members (excludes halogenated alkanes) is 43. The standard InChI is InChI=1S/C71H138O17P2/c1-6-9-12-15-18-21-23-25-27-28-29-31-33-35-41-46-51-56-70(75)87-67(61-82-69(74)55-50-45-40-34-32-30-26-24-22-19-16-13-10-7-2)63-86-90(79,80)84-59-65(72)58-83-89(77,78)85-62-66(60-81-68(73)54-49-44-39-20-17-14-11-8-3)88-71(76)57-52-47-42-37-36-38-43-48-53-64(4)5/h64-67,72H,6-63H2,1-5H3,(H,77,78)(H,79,80)/t65-,66+,67+/m0/s1. The van der Waals surface area contributed by atoms with Gasteiger partial charge in [-0.3, -0.25) is 37.3 Å². The molecule has 0 heterocycles. The van der Waals surface area contributed by atoms with Gasteiger partial charge in [0.2, 0.25) is 0 Å². The number of hydrogen-bond acceptors (Lipinski definition) is 15. The molecule has 0 saturated heterocycles. The second kappa shape index (κ2) is 64.4. The molecule has 90 heavy (non-hydrogen) atoms. The number of ether oxygens (including phenoxy) is 4. The Morgan fingerprint density at radius 2 is 0.511 bits per heavy atom. The minimum absolute atomic E-state index is 0.105. The van der Waals surface area contributed by atoms with Gasteiger partial charge in [-0.2, -0.15) is 0 Å². The van der Waals surface area contributed by atoms with Crippen molar-refractivity contribution in [3.8, 4) is 0 Å². The zero-order valence-electron chi connectivity index (χ0n) is 58.3. The van der Waals surface area contributed by atoms with Gasteiger partial charge in [-0.25, -0.2) is 9.13 Å². The maximum atomic E-state index is 13.0. The lowest BCUT2D eigenvalue weighted by atomic mass is 10.0. The van der Waals surface area contributed by atoms with E-state index in [2.05, 4.69) is 34.6 Å². The van der Waals surface area contributed by atoms with Crippen LogP contribution in [-0.4, -0.2) is 96.7 Å². The van der Waals surface area contributed by atoms with Crippen molar-refractivity contribution in [1.82, 2.24) is 0 Å². The topological polar surface area (TPSA) is 237 Å². The van der Waals surface area contributed by atoms with Crippen LogP contribution < -0.4 is 0 Å². The summed E-state index contributed by atoms with van der Waals surface area (Å²) < 4.78 is 68.3. The minimum Gasteiger partial charge on any atom is -0.462 e. The maximum Gasteiger partial charge on any atom is 0.472 e. The van der Waals surface area contributed by atoms with Gasteiger partial charge in [-0.15, -0.1) is 0 Å². The summed E-state index contributed by atoms with van der Waals surface area (Å²) in [5.74, 6) is -1.41. The van der Waals surface area contributed by atoms with Crippen molar-refractivity contribution in [2.75, 3.05) is 39.6 Å². The number of phosphoric ester groups is 2. The second-order valence-electron chi connectivity index (χ2n) is 26.1. The first kappa shape index (κ1) is 88.1. The number of phosphoric acid groups is 2. The molecular formula is C71H138O17P2. The van der Waals surface area contributed by atoms with Crippen LogP contribution in [0.4, 0.5) is 0 Å². The molecule has 0 aromatic heterocycles. The van der Waals surface area contributed by atoms with Gasteiger partial charge in [0.1, 0.15) is 19.3 Å². The van der Waals surface area contributed by atoms with Gasteiger partial charge in [0.05, 0.1) is 26.4 Å². The molecule has 534 valence electrons. The first-order valence-corrected chi connectivity index (χ1v) is 40.1. The van der Waals surface area contributed by atoms with E-state index < -0.39 is 97.5 Å². The van der Waals surface area contributed by atoms with Crippen LogP contribution in [0.2, 0.25) is 0 Å². The number of esters is 4. The van der Waals surface area contributed by atoms with Crippen LogP contribution in [0.3, 0.4) is 0 Å². The van der Waals surface area contributed by atoms with E-state index in [1.54, 1.807) is 0 Å². The molecule has 17 nitrogen and oxygen atoms in total. The Labute approximate surface area is 549 Å². The molecule has 2 unspecified atom stereocenters. The fourth-order valence-electron chi connectivity index (χ4n) is 10.8. The van der Waals surface area contributed by atoms with Crippen molar-refractivity contribution >= 4 is 39.5 Å². The third kappa shape index (κ3) is 64.8. The Morgan fingerprint density at radius 3 is 0.756 bits per heavy atom. The van der Waals surface area contributed by atoms with E-state index >= 15 is 0 Å². The molecule has 5 atom stereocenters. The van der Waals surface area contributed by atoms with Crippen molar-refractivity contribution in [3.05, 3.63) is 0 Å². The molecule has 0 bridgehead atoms. The predicted octanol–water partition coefficient (Wildman–Crippen LogP) is 20.5. The molecule has 19 heteroatoms. The Balaban J connectivity index is 5.21. The van der Waals surface area contributed by atoms with Crippen molar-refractivity contribution in [1.29, 1.82) is 0 Å². The molecule has 3 N–H and O–H groups in total. The summed E-state index contributed by atoms with van der Waals surface area (Å²) in [7, 11) is -9.90. The lowest BCUT2D eigenvalue weighted by Gasteiger charge is -2.21. The van der Waals surface area contributed by atoms with Crippen molar-refractivity contribution in [3.63, 3.8) is 0 Å². The minimum atomic E-state index is -4.95. The number of aliphatic hydroxyl groups is 1. The van der Waals surface area contributed by atoms with Gasteiger partial charge in [0.25, 0.3) is 0 Å². The smallest absolute Gasteiger partial charge is 0.462 e. The lowest BCUT2D eigenvalue weighted by Crippen LogP contribution is -2.30. The fourth-order valence-corrected chi connectivity index (χ4v) is 12.4. The van der Waals surface area contributed by atoms with Gasteiger partial charge in [0, 0.05) is 25.7 Å². The monoisotopic (exact) mass is 1320 g/mol. The molecule has 0 aromatic carbocycles. The Kier molecular flexibility index (Phi) is 63.0. The third-order valence-corrected chi connectivity index (χ3v) is 18.4. The van der Waals surface area contributed by atoms with E-state index in [0.29, 0.717) is 25.7 Å². The Bertz CT molecular complexity index is 1740. The van der Waals surface area contributed by atoms with Crippen LogP contribution in [0.25, 0.3) is 0 Å². The van der Waals surface area contributed by atoms with E-state index in [1.807, 2.05) is 0 Å². The molecular weight excluding hydrogens is 1190 g/mol. The van der Waals surface area contributed by atoms with Crippen molar-refractivity contribution in [2.24, 2.45) is 5.92 Å². The van der Waals surface area contributed by atoms with Crippen LogP contribution in [0.5, 0.6) is 0 Å². The maximum absolute atomic E-state index is 13.0. The first-order chi connectivity index (χ1) is 43.5. The average molecular weight is 1330 g/mol. The summed E-state index contributed by atoms with van der Waals surface area (Å²) in [5.41, 5.74) is 0. The molecule has 0 radical (unpaired) electrons. The van der Waals surface area contributed by atoms with Crippen LogP contribution in [0.15, 0.2) is 0 Å². The largest absolute Gasteiger partial charge is 0.472 e. The SMILES string of the molecule is CCCCCCCCCCCCCCCCCCCC(=O)O[C@H](COC(=O)CCCCCCCCCCCCCCCC)COP(=O)(O)OC[C@@H](O)COP(=O)(O)OC[C@@H](COC(=O)CCCCCCCCCC)OC(=O)CCCCCCCCCCC(C)C. The Morgan fingerprint density at radius 1 is 0.300 bits per heavy atom. The zero-order chi connectivity index (χ0) is 66.3. The number of aliphatic hydroxyl groups excluding tert-OH is 1. The molecule has 0 aliphatic heterocycles. The predicted molar refractivity (Wildman–Crippen MR) is 363 cm³/mol. The number of hydrogen-bond donors (Lipinski definition) is 3. The summed E-state index contributed by atoms with van der Waals surface area (Å²) >= 11 is 0. The van der Waals surface area contributed by atoms with Gasteiger partial charge in [-0.1, -0.05) is 317 Å². The van der Waals surface area contributed by atoms with E-state index in [1.165, 1.54) is 186 Å². The van der Waals surface area contributed by atoms with Gasteiger partial charge in [0.15, 0.2) is 12.2 Å². The molecule has 0 aromatic rings. The van der Waals surface area contributed by atoms with E-state index in [-0.39, 0.29) is 25.7 Å². The average Bonchev–Trinajstić information content (AvgIpc) is 3.18. The highest BCUT2D eigenvalue weighted by Crippen LogP contribution is 2.45. The van der Waals surface area contributed by atoms with Gasteiger partial charge >= 0.3 is 39.5 Å². The molecule has 0 amide bonds. The third-order valence-electron chi connectivity index (χ3n) is 16.5. The number of carbonyl (C=O) groups excluding carboxylic acids is 4. The second-order valence-corrected chi connectivity index (χ2v) is 29.0. The van der Waals surface area contributed by atoms with E-state index in [9.17, 15) is 43.2 Å². The van der Waals surface area contributed by atoms with Gasteiger partial charge < -0.3 is 33.8 Å².